The van der Waals surface area contributed by atoms with E-state index < -0.39 is 0 Å². The topological polar surface area (TPSA) is 29.1 Å². The number of amides is 1. The van der Waals surface area contributed by atoms with Gasteiger partial charge in [0.15, 0.2) is 0 Å². The summed E-state index contributed by atoms with van der Waals surface area (Å²) in [6.45, 7) is 5.78. The van der Waals surface area contributed by atoms with E-state index in [1.54, 1.807) is 0 Å². The van der Waals surface area contributed by atoms with Crippen molar-refractivity contribution in [2.45, 2.75) is 32.2 Å². The van der Waals surface area contributed by atoms with E-state index in [1.807, 2.05) is 6.92 Å². The lowest BCUT2D eigenvalue weighted by Crippen LogP contribution is -2.25. The Morgan fingerprint density at radius 1 is 1.90 bits per heavy atom. The molecule has 0 saturated carbocycles. The van der Waals surface area contributed by atoms with Crippen LogP contribution in [0.1, 0.15) is 26.2 Å². The summed E-state index contributed by atoms with van der Waals surface area (Å²) in [6, 6.07) is 0.366. The normalized spacial score (nSPS) is 24.5. The van der Waals surface area contributed by atoms with Crippen LogP contribution in [0.5, 0.6) is 0 Å². The number of carbonyl (C=O) groups is 1. The predicted molar refractivity (Wildman–Crippen MR) is 40.6 cm³/mol. The van der Waals surface area contributed by atoms with Gasteiger partial charge in [0.1, 0.15) is 0 Å². The fraction of sp³-hybridized carbons (Fsp3) is 0.625. The summed E-state index contributed by atoms with van der Waals surface area (Å²) >= 11 is 0. The van der Waals surface area contributed by atoms with Gasteiger partial charge < -0.3 is 5.32 Å². The van der Waals surface area contributed by atoms with Gasteiger partial charge >= 0.3 is 0 Å². The first-order valence-corrected chi connectivity index (χ1v) is 3.62. The average Bonchev–Trinajstić information content (AvgIpc) is 2.13. The molecule has 0 bridgehead atoms. The van der Waals surface area contributed by atoms with E-state index in [9.17, 15) is 4.79 Å². The van der Waals surface area contributed by atoms with Crippen molar-refractivity contribution in [2.75, 3.05) is 0 Å². The maximum atomic E-state index is 10.7. The summed E-state index contributed by atoms with van der Waals surface area (Å²) in [7, 11) is 0. The quantitative estimate of drug-likeness (QED) is 0.573. The Hall–Kier alpha value is -0.790. The van der Waals surface area contributed by atoms with E-state index in [-0.39, 0.29) is 5.91 Å². The summed E-state index contributed by atoms with van der Waals surface area (Å²) in [6.07, 6.45) is 2.61. The van der Waals surface area contributed by atoms with Gasteiger partial charge in [0.25, 0.3) is 0 Å². The zero-order chi connectivity index (χ0) is 7.56. The van der Waals surface area contributed by atoms with Crippen molar-refractivity contribution >= 4 is 5.91 Å². The Labute approximate surface area is 61.3 Å². The van der Waals surface area contributed by atoms with Crippen LogP contribution < -0.4 is 5.32 Å². The van der Waals surface area contributed by atoms with Crippen molar-refractivity contribution < 1.29 is 4.79 Å². The van der Waals surface area contributed by atoms with Gasteiger partial charge in [0.2, 0.25) is 5.91 Å². The van der Waals surface area contributed by atoms with Gasteiger partial charge in [0, 0.05) is 12.5 Å². The van der Waals surface area contributed by atoms with Gasteiger partial charge in [-0.25, -0.2) is 0 Å². The fourth-order valence-electron chi connectivity index (χ4n) is 1.25. The molecule has 1 fully saturated rings. The Morgan fingerprint density at radius 2 is 2.60 bits per heavy atom. The summed E-state index contributed by atoms with van der Waals surface area (Å²) in [4.78, 5) is 10.7. The van der Waals surface area contributed by atoms with Gasteiger partial charge in [-0.05, 0) is 19.8 Å². The average molecular weight is 139 g/mol. The lowest BCUT2D eigenvalue weighted by molar-refractivity contribution is -0.119. The molecule has 0 aromatic carbocycles. The molecule has 1 atom stereocenters. The Bertz CT molecular complexity index is 163. The van der Waals surface area contributed by atoms with Crippen molar-refractivity contribution in [3.63, 3.8) is 0 Å². The maximum Gasteiger partial charge on any atom is 0.220 e. The molecule has 2 nitrogen and oxygen atoms in total. The largest absolute Gasteiger partial charge is 0.353 e. The molecule has 1 N–H and O–H groups in total. The molecule has 1 rings (SSSR count). The molecule has 0 aromatic rings. The van der Waals surface area contributed by atoms with Gasteiger partial charge in [-0.1, -0.05) is 5.57 Å². The number of rotatable bonds is 2. The van der Waals surface area contributed by atoms with Crippen LogP contribution >= 0.6 is 0 Å². The van der Waals surface area contributed by atoms with E-state index in [0.29, 0.717) is 12.5 Å². The van der Waals surface area contributed by atoms with E-state index in [0.717, 1.165) is 18.4 Å². The standard InChI is InChI=1S/C8H13NO/c1-6(2)5-7-3-4-8(10)9-7/h7H,1,3-5H2,2H3,(H,9,10)/t7-/m0/s1. The van der Waals surface area contributed by atoms with Crippen LogP contribution in [-0.2, 0) is 4.79 Å². The first kappa shape index (κ1) is 7.32. The maximum absolute atomic E-state index is 10.7. The Morgan fingerprint density at radius 3 is 3.00 bits per heavy atom. The van der Waals surface area contributed by atoms with E-state index in [4.69, 9.17) is 0 Å². The van der Waals surface area contributed by atoms with Crippen LogP contribution in [0, 0.1) is 0 Å². The minimum Gasteiger partial charge on any atom is -0.353 e. The second kappa shape index (κ2) is 2.86. The molecule has 0 radical (unpaired) electrons. The highest BCUT2D eigenvalue weighted by molar-refractivity contribution is 5.78. The molecule has 0 aliphatic carbocycles. The SMILES string of the molecule is C=C(C)C[C@@H]1CCC(=O)N1. The van der Waals surface area contributed by atoms with Gasteiger partial charge in [-0.15, -0.1) is 6.58 Å². The molecule has 1 saturated heterocycles. The molecule has 1 heterocycles. The van der Waals surface area contributed by atoms with Crippen LogP contribution in [0.2, 0.25) is 0 Å². The third kappa shape index (κ3) is 1.87. The Kier molecular flexibility index (Phi) is 2.10. The molecule has 1 aliphatic heterocycles. The number of carbonyl (C=O) groups excluding carboxylic acids is 1. The molecule has 0 unspecified atom stereocenters. The van der Waals surface area contributed by atoms with Crippen molar-refractivity contribution in [3.05, 3.63) is 12.2 Å². The summed E-state index contributed by atoms with van der Waals surface area (Å²) in [5, 5.41) is 2.89. The van der Waals surface area contributed by atoms with Crippen LogP contribution in [0.3, 0.4) is 0 Å². The smallest absolute Gasteiger partial charge is 0.220 e. The van der Waals surface area contributed by atoms with Crippen LogP contribution in [0.4, 0.5) is 0 Å². The number of hydrogen-bond donors (Lipinski definition) is 1. The Balaban J connectivity index is 2.31. The third-order valence-corrected chi connectivity index (χ3v) is 1.68. The molecule has 0 aromatic heterocycles. The van der Waals surface area contributed by atoms with Gasteiger partial charge in [-0.3, -0.25) is 4.79 Å². The zero-order valence-corrected chi connectivity index (χ0v) is 6.31. The molecular formula is C8H13NO. The van der Waals surface area contributed by atoms with E-state index >= 15 is 0 Å². The highest BCUT2D eigenvalue weighted by Crippen LogP contribution is 2.13. The van der Waals surface area contributed by atoms with Crippen LogP contribution in [0.25, 0.3) is 0 Å². The van der Waals surface area contributed by atoms with Crippen molar-refractivity contribution in [1.82, 2.24) is 5.32 Å². The fourth-order valence-corrected chi connectivity index (χ4v) is 1.25. The van der Waals surface area contributed by atoms with Crippen molar-refractivity contribution in [2.24, 2.45) is 0 Å². The molecule has 0 spiro atoms. The molecule has 10 heavy (non-hydrogen) atoms. The second-order valence-electron chi connectivity index (χ2n) is 2.96. The molecule has 1 amide bonds. The minimum atomic E-state index is 0.186. The van der Waals surface area contributed by atoms with Gasteiger partial charge in [-0.2, -0.15) is 0 Å². The second-order valence-corrected chi connectivity index (χ2v) is 2.96. The lowest BCUT2D eigenvalue weighted by Gasteiger charge is -2.07. The highest BCUT2D eigenvalue weighted by Gasteiger charge is 2.19. The first-order chi connectivity index (χ1) is 4.68. The van der Waals surface area contributed by atoms with Crippen LogP contribution in [0.15, 0.2) is 12.2 Å². The lowest BCUT2D eigenvalue weighted by atomic mass is 10.1. The molecular weight excluding hydrogens is 126 g/mol. The summed E-state index contributed by atoms with van der Waals surface area (Å²) < 4.78 is 0. The van der Waals surface area contributed by atoms with Crippen LogP contribution in [-0.4, -0.2) is 11.9 Å². The first-order valence-electron chi connectivity index (χ1n) is 3.62. The van der Waals surface area contributed by atoms with E-state index in [2.05, 4.69) is 11.9 Å². The highest BCUT2D eigenvalue weighted by atomic mass is 16.1. The molecule has 1 aliphatic rings. The van der Waals surface area contributed by atoms with E-state index in [1.165, 1.54) is 0 Å². The monoisotopic (exact) mass is 139 g/mol. The van der Waals surface area contributed by atoms with Gasteiger partial charge in [0.05, 0.1) is 0 Å². The summed E-state index contributed by atoms with van der Waals surface area (Å²) in [5.74, 6) is 0.186. The molecule has 2 heteroatoms. The zero-order valence-electron chi connectivity index (χ0n) is 6.31. The van der Waals surface area contributed by atoms with Crippen molar-refractivity contribution in [1.29, 1.82) is 0 Å². The van der Waals surface area contributed by atoms with Crippen molar-refractivity contribution in [3.8, 4) is 0 Å². The summed E-state index contributed by atoms with van der Waals surface area (Å²) in [5.41, 5.74) is 1.15. The number of hydrogen-bond acceptors (Lipinski definition) is 1. The third-order valence-electron chi connectivity index (χ3n) is 1.68. The molecule has 56 valence electrons. The minimum absolute atomic E-state index is 0.186. The predicted octanol–water partition coefficient (Wildman–Crippen LogP) is 1.23. The number of nitrogens with one attached hydrogen (secondary N) is 1.